The Morgan fingerprint density at radius 3 is 1.45 bits per heavy atom. The Balaban J connectivity index is 1.03. The smallest absolute Gasteiger partial charge is 0.0467 e. The van der Waals surface area contributed by atoms with E-state index in [1.807, 2.05) is 11.3 Å². The zero-order valence-electron chi connectivity index (χ0n) is 31.7. The van der Waals surface area contributed by atoms with E-state index in [-0.39, 0.29) is 0 Å². The lowest BCUT2D eigenvalue weighted by atomic mass is 9.96. The van der Waals surface area contributed by atoms with Crippen molar-refractivity contribution in [1.82, 2.24) is 0 Å². The molecule has 0 saturated heterocycles. The second-order valence-electron chi connectivity index (χ2n) is 14.9. The number of hydrogen-bond acceptors (Lipinski definition) is 2. The molecule has 0 N–H and O–H groups in total. The SMILES string of the molecule is c1cc(-c2cccc(N(c3ccc(-c4cccc5ccccc45)cc3)c3cccc(-c4cccc5ccccc45)c3)c2)cc(-c2cccc3c2sc2ccccc23)c1. The van der Waals surface area contributed by atoms with Gasteiger partial charge in [-0.2, -0.15) is 0 Å². The van der Waals surface area contributed by atoms with Crippen LogP contribution in [0.5, 0.6) is 0 Å². The Bertz CT molecular complexity index is 3290. The lowest BCUT2D eigenvalue weighted by Crippen LogP contribution is -2.10. The zero-order chi connectivity index (χ0) is 38.4. The third-order valence-corrected chi connectivity index (χ3v) is 12.7. The fraction of sp³-hybridized carbons (Fsp3) is 0. The summed E-state index contributed by atoms with van der Waals surface area (Å²) in [7, 11) is 0. The molecule has 1 heterocycles. The first-order valence-electron chi connectivity index (χ1n) is 19.8. The predicted octanol–water partition coefficient (Wildman–Crippen LogP) is 16.5. The van der Waals surface area contributed by atoms with E-state index in [4.69, 9.17) is 0 Å². The maximum atomic E-state index is 2.40. The van der Waals surface area contributed by atoms with Crippen molar-refractivity contribution in [2.75, 3.05) is 4.90 Å². The topological polar surface area (TPSA) is 3.24 Å². The van der Waals surface area contributed by atoms with Gasteiger partial charge < -0.3 is 4.90 Å². The summed E-state index contributed by atoms with van der Waals surface area (Å²) >= 11 is 1.88. The summed E-state index contributed by atoms with van der Waals surface area (Å²) in [6.07, 6.45) is 0. The molecule has 0 aliphatic heterocycles. The molecule has 0 aliphatic carbocycles. The molecule has 0 unspecified atom stereocenters. The molecule has 11 aromatic rings. The lowest BCUT2D eigenvalue weighted by Gasteiger charge is -2.27. The summed E-state index contributed by atoms with van der Waals surface area (Å²) in [6, 6.07) is 81.9. The first-order chi connectivity index (χ1) is 28.7. The van der Waals surface area contributed by atoms with Crippen LogP contribution in [0.1, 0.15) is 0 Å². The standard InChI is InChI=1S/C56H37NS/c1-3-23-48-38(13-1)15-10-26-50(48)40-31-33-45(34-32-40)57(47-22-9-20-44(37-47)51-27-11-16-39-14-2-4-24-49(39)51)46-21-8-18-42(36-46)41-17-7-19-43(35-41)52-28-12-29-54-53-25-5-6-30-55(53)58-56(52)54/h1-37H. The number of nitrogens with zero attached hydrogens (tertiary/aromatic N) is 1. The molecule has 0 amide bonds. The second-order valence-corrected chi connectivity index (χ2v) is 15.9. The summed E-state index contributed by atoms with van der Waals surface area (Å²) in [4.78, 5) is 2.40. The van der Waals surface area contributed by atoms with Crippen molar-refractivity contribution in [1.29, 1.82) is 0 Å². The third kappa shape index (κ3) is 6.03. The fourth-order valence-electron chi connectivity index (χ4n) is 8.67. The van der Waals surface area contributed by atoms with Gasteiger partial charge in [0.1, 0.15) is 0 Å². The Kier molecular flexibility index (Phi) is 8.42. The van der Waals surface area contributed by atoms with E-state index in [0.717, 1.165) is 17.1 Å². The van der Waals surface area contributed by atoms with Crippen molar-refractivity contribution in [3.63, 3.8) is 0 Å². The van der Waals surface area contributed by atoms with E-state index in [0.29, 0.717) is 0 Å². The van der Waals surface area contributed by atoms with Crippen molar-refractivity contribution in [3.8, 4) is 44.5 Å². The average Bonchev–Trinajstić information content (AvgIpc) is 3.68. The largest absolute Gasteiger partial charge is 0.310 e. The van der Waals surface area contributed by atoms with Gasteiger partial charge in [-0.05, 0) is 115 Å². The molecule has 58 heavy (non-hydrogen) atoms. The minimum Gasteiger partial charge on any atom is -0.310 e. The summed E-state index contributed by atoms with van der Waals surface area (Å²) < 4.78 is 2.65. The number of benzene rings is 10. The van der Waals surface area contributed by atoms with Crippen LogP contribution in [0.4, 0.5) is 17.1 Å². The highest BCUT2D eigenvalue weighted by Gasteiger charge is 2.17. The molecule has 0 bridgehead atoms. The van der Waals surface area contributed by atoms with E-state index < -0.39 is 0 Å². The molecule has 0 fully saturated rings. The summed E-state index contributed by atoms with van der Waals surface area (Å²) in [5, 5.41) is 7.64. The highest BCUT2D eigenvalue weighted by atomic mass is 32.1. The quantitative estimate of drug-likeness (QED) is 0.157. The molecule has 272 valence electrons. The highest BCUT2D eigenvalue weighted by molar-refractivity contribution is 7.26. The van der Waals surface area contributed by atoms with Crippen molar-refractivity contribution in [3.05, 3.63) is 224 Å². The highest BCUT2D eigenvalue weighted by Crippen LogP contribution is 2.43. The van der Waals surface area contributed by atoms with Crippen molar-refractivity contribution in [2.45, 2.75) is 0 Å². The van der Waals surface area contributed by atoms with Crippen LogP contribution in [0.25, 0.3) is 86.2 Å². The minimum atomic E-state index is 1.10. The summed E-state index contributed by atoms with van der Waals surface area (Å²) in [5.41, 5.74) is 13.0. The monoisotopic (exact) mass is 755 g/mol. The maximum Gasteiger partial charge on any atom is 0.0467 e. The molecule has 1 aromatic heterocycles. The summed E-state index contributed by atoms with van der Waals surface area (Å²) in [6.45, 7) is 0. The van der Waals surface area contributed by atoms with Crippen molar-refractivity contribution in [2.24, 2.45) is 0 Å². The molecule has 2 heteroatoms. The molecule has 11 rings (SSSR count). The number of rotatable bonds is 7. The predicted molar refractivity (Wildman–Crippen MR) is 251 cm³/mol. The molecule has 0 aliphatic rings. The van der Waals surface area contributed by atoms with Gasteiger partial charge in [-0.1, -0.05) is 176 Å². The molecule has 0 saturated carbocycles. The Morgan fingerprint density at radius 2 is 0.741 bits per heavy atom. The van der Waals surface area contributed by atoms with Gasteiger partial charge in [-0.25, -0.2) is 0 Å². The van der Waals surface area contributed by atoms with Crippen LogP contribution < -0.4 is 4.90 Å². The van der Waals surface area contributed by atoms with Crippen LogP contribution in [0.15, 0.2) is 224 Å². The van der Waals surface area contributed by atoms with Crippen LogP contribution in [0.3, 0.4) is 0 Å². The van der Waals surface area contributed by atoms with Gasteiger partial charge in [0, 0.05) is 37.2 Å². The molecule has 0 radical (unpaired) electrons. The second kappa shape index (κ2) is 14.4. The third-order valence-electron chi connectivity index (χ3n) is 11.4. The van der Waals surface area contributed by atoms with Crippen LogP contribution in [-0.2, 0) is 0 Å². The van der Waals surface area contributed by atoms with E-state index in [1.54, 1.807) is 0 Å². The Hall–Kier alpha value is -7.26. The first-order valence-corrected chi connectivity index (χ1v) is 20.6. The van der Waals surface area contributed by atoms with Crippen LogP contribution >= 0.6 is 11.3 Å². The van der Waals surface area contributed by atoms with Crippen molar-refractivity contribution < 1.29 is 0 Å². The minimum absolute atomic E-state index is 1.10. The lowest BCUT2D eigenvalue weighted by molar-refractivity contribution is 1.28. The molecule has 0 spiro atoms. The molecular weight excluding hydrogens is 719 g/mol. The van der Waals surface area contributed by atoms with Gasteiger partial charge in [0.15, 0.2) is 0 Å². The number of fused-ring (bicyclic) bond motifs is 5. The molecule has 1 nitrogen and oxygen atoms in total. The Labute approximate surface area is 342 Å². The molecule has 0 atom stereocenters. The van der Waals surface area contributed by atoms with Crippen LogP contribution in [-0.4, -0.2) is 0 Å². The molecule has 10 aromatic carbocycles. The van der Waals surface area contributed by atoms with Gasteiger partial charge in [0.2, 0.25) is 0 Å². The van der Waals surface area contributed by atoms with E-state index in [9.17, 15) is 0 Å². The van der Waals surface area contributed by atoms with Crippen LogP contribution in [0.2, 0.25) is 0 Å². The van der Waals surface area contributed by atoms with Gasteiger partial charge in [-0.3, -0.25) is 0 Å². The van der Waals surface area contributed by atoms with Crippen molar-refractivity contribution >= 4 is 70.1 Å². The number of hydrogen-bond donors (Lipinski definition) is 0. The van der Waals surface area contributed by atoms with Gasteiger partial charge in [0.25, 0.3) is 0 Å². The average molecular weight is 756 g/mol. The van der Waals surface area contributed by atoms with E-state index in [2.05, 4.69) is 229 Å². The van der Waals surface area contributed by atoms with Crippen LogP contribution in [0, 0.1) is 0 Å². The normalized spacial score (nSPS) is 11.4. The van der Waals surface area contributed by atoms with Gasteiger partial charge >= 0.3 is 0 Å². The number of thiophene rings is 1. The Morgan fingerprint density at radius 1 is 0.276 bits per heavy atom. The molecular formula is C56H37NS. The van der Waals surface area contributed by atoms with Gasteiger partial charge in [-0.15, -0.1) is 11.3 Å². The number of anilines is 3. The van der Waals surface area contributed by atoms with E-state index in [1.165, 1.54) is 86.2 Å². The first kappa shape index (κ1) is 34.0. The van der Waals surface area contributed by atoms with Gasteiger partial charge in [0.05, 0.1) is 0 Å². The zero-order valence-corrected chi connectivity index (χ0v) is 32.5. The maximum absolute atomic E-state index is 2.40. The van der Waals surface area contributed by atoms with E-state index >= 15 is 0 Å². The fourth-order valence-corrected chi connectivity index (χ4v) is 9.91. The summed E-state index contributed by atoms with van der Waals surface area (Å²) in [5.74, 6) is 0.